The Bertz CT molecular complexity index is 531. The van der Waals surface area contributed by atoms with Crippen molar-refractivity contribution in [2.75, 3.05) is 13.1 Å². The van der Waals surface area contributed by atoms with E-state index in [-0.39, 0.29) is 29.0 Å². The molecule has 2 rings (SSSR count). The molecule has 2 heterocycles. The largest absolute Gasteiger partial charge is 0.319 e. The van der Waals surface area contributed by atoms with E-state index in [0.717, 1.165) is 4.90 Å². The third kappa shape index (κ3) is 2.60. The van der Waals surface area contributed by atoms with Crippen molar-refractivity contribution in [1.29, 1.82) is 0 Å². The predicted octanol–water partition coefficient (Wildman–Crippen LogP) is 0.487. The molecule has 1 saturated heterocycles. The van der Waals surface area contributed by atoms with Crippen LogP contribution in [0.5, 0.6) is 0 Å². The molecule has 1 aromatic heterocycles. The SMILES string of the molecule is O=C1CN(C(=O)c2nc(Cl)ccc2Cl)CC(=O)N1. The van der Waals surface area contributed by atoms with Crippen LogP contribution in [-0.2, 0) is 9.59 Å². The highest BCUT2D eigenvalue weighted by atomic mass is 35.5. The van der Waals surface area contributed by atoms with E-state index in [1.807, 2.05) is 0 Å². The molecule has 3 amide bonds. The Morgan fingerprint density at radius 1 is 1.22 bits per heavy atom. The number of imide groups is 1. The first kappa shape index (κ1) is 12.8. The number of piperazine rings is 1. The van der Waals surface area contributed by atoms with Gasteiger partial charge >= 0.3 is 0 Å². The highest BCUT2D eigenvalue weighted by Gasteiger charge is 2.29. The van der Waals surface area contributed by atoms with Crippen LogP contribution in [0.1, 0.15) is 10.5 Å². The van der Waals surface area contributed by atoms with Gasteiger partial charge in [-0.25, -0.2) is 4.98 Å². The number of nitrogens with zero attached hydrogens (tertiary/aromatic N) is 2. The van der Waals surface area contributed by atoms with Crippen molar-refractivity contribution >= 4 is 40.9 Å². The first-order chi connectivity index (χ1) is 8.47. The molecule has 0 saturated carbocycles. The van der Waals surface area contributed by atoms with E-state index in [2.05, 4.69) is 10.3 Å². The van der Waals surface area contributed by atoms with Crippen molar-refractivity contribution in [3.8, 4) is 0 Å². The Hall–Kier alpha value is -1.66. The van der Waals surface area contributed by atoms with Crippen LogP contribution in [0.4, 0.5) is 0 Å². The molecule has 94 valence electrons. The van der Waals surface area contributed by atoms with Crippen LogP contribution in [-0.4, -0.2) is 40.7 Å². The molecule has 1 aliphatic heterocycles. The van der Waals surface area contributed by atoms with Gasteiger partial charge in [0, 0.05) is 0 Å². The van der Waals surface area contributed by atoms with Gasteiger partial charge in [-0.05, 0) is 12.1 Å². The summed E-state index contributed by atoms with van der Waals surface area (Å²) in [6.45, 7) is -0.426. The summed E-state index contributed by atoms with van der Waals surface area (Å²) in [5, 5.41) is 2.31. The molecule has 0 aliphatic carbocycles. The van der Waals surface area contributed by atoms with E-state index in [1.54, 1.807) is 0 Å². The summed E-state index contributed by atoms with van der Waals surface area (Å²) in [6, 6.07) is 2.87. The van der Waals surface area contributed by atoms with E-state index < -0.39 is 17.7 Å². The molecule has 0 unspecified atom stereocenters. The van der Waals surface area contributed by atoms with E-state index in [0.29, 0.717) is 0 Å². The van der Waals surface area contributed by atoms with Gasteiger partial charge in [-0.15, -0.1) is 0 Å². The summed E-state index contributed by atoms with van der Waals surface area (Å²) in [5.41, 5.74) is -0.0772. The molecule has 1 fully saturated rings. The Morgan fingerprint density at radius 3 is 2.44 bits per heavy atom. The van der Waals surface area contributed by atoms with Crippen LogP contribution in [0.25, 0.3) is 0 Å². The Kier molecular flexibility index (Phi) is 3.49. The van der Waals surface area contributed by atoms with Gasteiger partial charge in [0.25, 0.3) is 5.91 Å². The van der Waals surface area contributed by atoms with E-state index in [9.17, 15) is 14.4 Å². The molecule has 1 aromatic rings. The van der Waals surface area contributed by atoms with Gasteiger partial charge in [-0.2, -0.15) is 0 Å². The van der Waals surface area contributed by atoms with Gasteiger partial charge in [-0.1, -0.05) is 23.2 Å². The maximum Gasteiger partial charge on any atom is 0.275 e. The third-order valence-electron chi connectivity index (χ3n) is 2.25. The maximum atomic E-state index is 12.1. The van der Waals surface area contributed by atoms with E-state index >= 15 is 0 Å². The fraction of sp³-hybridized carbons (Fsp3) is 0.200. The number of carbonyl (C=O) groups is 3. The quantitative estimate of drug-likeness (QED) is 0.602. The molecule has 1 N–H and O–H groups in total. The Morgan fingerprint density at radius 2 is 1.83 bits per heavy atom. The van der Waals surface area contributed by atoms with E-state index in [4.69, 9.17) is 23.2 Å². The maximum absolute atomic E-state index is 12.1. The molecule has 1 aliphatic rings. The number of rotatable bonds is 1. The van der Waals surface area contributed by atoms with Crippen LogP contribution >= 0.6 is 23.2 Å². The minimum Gasteiger partial charge on any atom is -0.319 e. The summed E-state index contributed by atoms with van der Waals surface area (Å²) >= 11 is 11.5. The molecular weight excluding hydrogens is 281 g/mol. The molecule has 8 heteroatoms. The fourth-order valence-corrected chi connectivity index (χ4v) is 1.83. The number of nitrogens with one attached hydrogen (secondary N) is 1. The van der Waals surface area contributed by atoms with Gasteiger partial charge in [0.2, 0.25) is 11.8 Å². The molecule has 0 bridgehead atoms. The zero-order valence-electron chi connectivity index (χ0n) is 8.94. The first-order valence-electron chi connectivity index (χ1n) is 4.91. The average Bonchev–Trinajstić information content (AvgIpc) is 2.30. The summed E-state index contributed by atoms with van der Waals surface area (Å²) in [6.07, 6.45) is 0. The lowest BCUT2D eigenvalue weighted by atomic mass is 10.2. The van der Waals surface area contributed by atoms with Crippen molar-refractivity contribution < 1.29 is 14.4 Å². The van der Waals surface area contributed by atoms with Crippen LogP contribution in [0.15, 0.2) is 12.1 Å². The molecule has 0 radical (unpaired) electrons. The highest BCUT2D eigenvalue weighted by molar-refractivity contribution is 6.34. The van der Waals surface area contributed by atoms with Gasteiger partial charge in [0.1, 0.15) is 23.9 Å². The lowest BCUT2D eigenvalue weighted by molar-refractivity contribution is -0.135. The van der Waals surface area contributed by atoms with E-state index in [1.165, 1.54) is 12.1 Å². The lowest BCUT2D eigenvalue weighted by Gasteiger charge is -2.25. The second-order valence-electron chi connectivity index (χ2n) is 3.60. The first-order valence-corrected chi connectivity index (χ1v) is 5.67. The van der Waals surface area contributed by atoms with Crippen molar-refractivity contribution in [2.24, 2.45) is 0 Å². The topological polar surface area (TPSA) is 79.4 Å². The van der Waals surface area contributed by atoms with Crippen molar-refractivity contribution in [2.45, 2.75) is 0 Å². The molecule has 6 nitrogen and oxygen atoms in total. The van der Waals surface area contributed by atoms with Gasteiger partial charge in [0.15, 0.2) is 0 Å². The Balaban J connectivity index is 2.28. The normalized spacial score (nSPS) is 15.6. The van der Waals surface area contributed by atoms with Crippen molar-refractivity contribution in [3.05, 3.63) is 28.0 Å². The molecule has 0 atom stereocenters. The minimum absolute atomic E-state index is 0.0772. The molecule has 18 heavy (non-hydrogen) atoms. The Labute approximate surface area is 112 Å². The zero-order valence-corrected chi connectivity index (χ0v) is 10.5. The average molecular weight is 288 g/mol. The van der Waals surface area contributed by atoms with Crippen LogP contribution in [0.2, 0.25) is 10.2 Å². The monoisotopic (exact) mass is 287 g/mol. The molecule has 0 spiro atoms. The summed E-state index contributed by atoms with van der Waals surface area (Å²) in [4.78, 5) is 39.2. The van der Waals surface area contributed by atoms with Crippen molar-refractivity contribution in [1.82, 2.24) is 15.2 Å². The van der Waals surface area contributed by atoms with Gasteiger partial charge in [-0.3, -0.25) is 19.7 Å². The number of halogens is 2. The molecule has 0 aromatic carbocycles. The van der Waals surface area contributed by atoms with Crippen molar-refractivity contribution in [3.63, 3.8) is 0 Å². The summed E-state index contributed by atoms with van der Waals surface area (Å²) in [5.74, 6) is -1.69. The lowest BCUT2D eigenvalue weighted by Crippen LogP contribution is -2.53. The van der Waals surface area contributed by atoms with Crippen LogP contribution in [0.3, 0.4) is 0 Å². The standard InChI is InChI=1S/C10H7Cl2N3O3/c11-5-1-2-6(12)13-9(5)10(18)15-3-7(16)14-8(17)4-15/h1-2H,3-4H2,(H,14,16,17). The summed E-state index contributed by atoms with van der Waals surface area (Å²) in [7, 11) is 0. The second kappa shape index (κ2) is 4.91. The van der Waals surface area contributed by atoms with Gasteiger partial charge in [0.05, 0.1) is 5.02 Å². The molecular formula is C10H7Cl2N3O3. The highest BCUT2D eigenvalue weighted by Crippen LogP contribution is 2.18. The van der Waals surface area contributed by atoms with Crippen LogP contribution < -0.4 is 5.32 Å². The number of hydrogen-bond donors (Lipinski definition) is 1. The number of hydrogen-bond acceptors (Lipinski definition) is 4. The number of pyridine rings is 1. The number of amides is 3. The summed E-state index contributed by atoms with van der Waals surface area (Å²) < 4.78 is 0. The fourth-order valence-electron chi connectivity index (χ4n) is 1.50. The predicted molar refractivity (Wildman–Crippen MR) is 63.3 cm³/mol. The zero-order chi connectivity index (χ0) is 13.3. The minimum atomic E-state index is -0.606. The number of aromatic nitrogens is 1. The smallest absolute Gasteiger partial charge is 0.275 e. The van der Waals surface area contributed by atoms with Gasteiger partial charge < -0.3 is 4.90 Å². The van der Waals surface area contributed by atoms with Crippen LogP contribution in [0, 0.1) is 0 Å². The third-order valence-corrected chi connectivity index (χ3v) is 2.77. The number of carbonyl (C=O) groups excluding carboxylic acids is 3. The second-order valence-corrected chi connectivity index (χ2v) is 4.39.